The highest BCUT2D eigenvalue weighted by molar-refractivity contribution is 6.42. The van der Waals surface area contributed by atoms with Crippen molar-refractivity contribution in [1.82, 2.24) is 34.5 Å². The van der Waals surface area contributed by atoms with Crippen molar-refractivity contribution in [2.45, 2.75) is 20.0 Å². The van der Waals surface area contributed by atoms with E-state index in [1.165, 1.54) is 0 Å². The summed E-state index contributed by atoms with van der Waals surface area (Å²) < 4.78 is 2.03. The summed E-state index contributed by atoms with van der Waals surface area (Å²) in [6.45, 7) is 6.64. The van der Waals surface area contributed by atoms with Crippen LogP contribution in [0.5, 0.6) is 0 Å². The molecule has 1 saturated heterocycles. The summed E-state index contributed by atoms with van der Waals surface area (Å²) in [4.78, 5) is 31.1. The van der Waals surface area contributed by atoms with Crippen LogP contribution in [-0.4, -0.2) is 60.6 Å². The van der Waals surface area contributed by atoms with Crippen molar-refractivity contribution >= 4 is 62.9 Å². The fourth-order valence-electron chi connectivity index (χ4n) is 4.44. The second-order valence-electron chi connectivity index (χ2n) is 8.58. The lowest BCUT2D eigenvalue weighted by Gasteiger charge is -2.36. The molecule has 0 aliphatic carbocycles. The van der Waals surface area contributed by atoms with Crippen molar-refractivity contribution in [2.24, 2.45) is 0 Å². The minimum atomic E-state index is 0.434. The van der Waals surface area contributed by atoms with Crippen LogP contribution in [-0.2, 0) is 13.1 Å². The molecule has 1 aromatic carbocycles. The molecule has 1 fully saturated rings. The molecule has 12 heteroatoms. The zero-order valence-electron chi connectivity index (χ0n) is 19.6. The summed E-state index contributed by atoms with van der Waals surface area (Å²) >= 11 is 12.3. The van der Waals surface area contributed by atoms with Crippen LogP contribution in [0.1, 0.15) is 12.7 Å². The second kappa shape index (κ2) is 9.44. The van der Waals surface area contributed by atoms with Crippen LogP contribution in [0.25, 0.3) is 22.2 Å². The van der Waals surface area contributed by atoms with Gasteiger partial charge in [0.25, 0.3) is 0 Å². The number of hydrogen-bond acceptors (Lipinski definition) is 8. The molecule has 0 atom stereocenters. The van der Waals surface area contributed by atoms with Crippen molar-refractivity contribution in [1.29, 1.82) is 0 Å². The van der Waals surface area contributed by atoms with Gasteiger partial charge in [-0.1, -0.05) is 23.2 Å². The first kappa shape index (κ1) is 22.8. The largest absolute Gasteiger partial charge is 0.367 e. The number of piperazine rings is 1. The van der Waals surface area contributed by atoms with Crippen LogP contribution in [0, 0.1) is 0 Å². The molecule has 1 aliphatic rings. The smallest absolute Gasteiger partial charge is 0.229 e. The summed E-state index contributed by atoms with van der Waals surface area (Å²) in [5, 5.41) is 4.38. The number of anilines is 3. The Morgan fingerprint density at radius 3 is 2.61 bits per heavy atom. The molecule has 4 aromatic heterocycles. The van der Waals surface area contributed by atoms with E-state index in [1.54, 1.807) is 24.7 Å². The van der Waals surface area contributed by atoms with E-state index in [0.717, 1.165) is 66.4 Å². The normalized spacial score (nSPS) is 14.2. The van der Waals surface area contributed by atoms with Crippen LogP contribution in [0.2, 0.25) is 10.0 Å². The average molecular weight is 523 g/mol. The van der Waals surface area contributed by atoms with E-state index in [1.807, 2.05) is 16.8 Å². The molecule has 0 bridgehead atoms. The van der Waals surface area contributed by atoms with Crippen LogP contribution < -0.4 is 15.1 Å². The van der Waals surface area contributed by atoms with Crippen LogP contribution in [0.3, 0.4) is 0 Å². The summed E-state index contributed by atoms with van der Waals surface area (Å²) in [5.74, 6) is 2.11. The van der Waals surface area contributed by atoms with Gasteiger partial charge in [-0.3, -0.25) is 4.98 Å². The van der Waals surface area contributed by atoms with Gasteiger partial charge in [-0.15, -0.1) is 0 Å². The van der Waals surface area contributed by atoms with E-state index >= 15 is 0 Å². The Labute approximate surface area is 217 Å². The number of aromatic nitrogens is 7. The third-order valence-electron chi connectivity index (χ3n) is 6.36. The second-order valence-corrected chi connectivity index (χ2v) is 9.40. The molecule has 184 valence electrons. The maximum absolute atomic E-state index is 6.15. The number of pyridine rings is 1. The molecule has 5 heterocycles. The number of halogens is 2. The lowest BCUT2D eigenvalue weighted by molar-refractivity contribution is 0.639. The first-order valence-electron chi connectivity index (χ1n) is 11.8. The fourth-order valence-corrected chi connectivity index (χ4v) is 4.76. The van der Waals surface area contributed by atoms with Gasteiger partial charge in [-0.05, 0) is 31.2 Å². The van der Waals surface area contributed by atoms with Gasteiger partial charge in [-0.25, -0.2) is 9.97 Å². The first-order chi connectivity index (χ1) is 17.6. The zero-order valence-corrected chi connectivity index (χ0v) is 21.1. The fraction of sp³-hybridized carbons (Fsp3) is 0.292. The van der Waals surface area contributed by atoms with Crippen LogP contribution in [0.4, 0.5) is 17.5 Å². The molecular weight excluding hydrogens is 499 g/mol. The molecule has 6 rings (SSSR count). The minimum Gasteiger partial charge on any atom is -0.367 e. The predicted octanol–water partition coefficient (Wildman–Crippen LogP) is 4.36. The van der Waals surface area contributed by atoms with E-state index in [4.69, 9.17) is 33.2 Å². The monoisotopic (exact) mass is 522 g/mol. The topological polar surface area (TPSA) is 104 Å². The molecule has 36 heavy (non-hydrogen) atoms. The number of imidazole rings is 2. The highest BCUT2D eigenvalue weighted by atomic mass is 35.5. The van der Waals surface area contributed by atoms with Gasteiger partial charge in [0.05, 0.1) is 45.8 Å². The number of fused-ring (bicyclic) bond motifs is 2. The van der Waals surface area contributed by atoms with E-state index in [0.29, 0.717) is 28.4 Å². The highest BCUT2D eigenvalue weighted by Crippen LogP contribution is 2.28. The van der Waals surface area contributed by atoms with Crippen LogP contribution in [0.15, 0.2) is 43.0 Å². The van der Waals surface area contributed by atoms with E-state index in [9.17, 15) is 0 Å². The zero-order chi connectivity index (χ0) is 24.6. The Hall–Kier alpha value is -3.63. The van der Waals surface area contributed by atoms with Gasteiger partial charge in [0, 0.05) is 38.9 Å². The van der Waals surface area contributed by atoms with Crippen molar-refractivity contribution in [3.63, 3.8) is 0 Å². The number of rotatable bonds is 6. The molecule has 10 nitrogen and oxygen atoms in total. The summed E-state index contributed by atoms with van der Waals surface area (Å²) in [6.07, 6.45) is 5.50. The molecule has 1 aliphatic heterocycles. The molecule has 2 N–H and O–H groups in total. The number of aromatic amines is 1. The van der Waals surface area contributed by atoms with Gasteiger partial charge in [0.2, 0.25) is 5.95 Å². The quantitative estimate of drug-likeness (QED) is 0.339. The number of nitrogens with zero attached hydrogens (tertiary/aromatic N) is 8. The maximum atomic E-state index is 6.15. The lowest BCUT2D eigenvalue weighted by Crippen LogP contribution is -2.47. The summed E-state index contributed by atoms with van der Waals surface area (Å²) in [5.41, 5.74) is 4.26. The summed E-state index contributed by atoms with van der Waals surface area (Å²) in [6, 6.07) is 7.60. The van der Waals surface area contributed by atoms with Gasteiger partial charge in [-0.2, -0.15) is 9.97 Å². The van der Waals surface area contributed by atoms with E-state index in [-0.39, 0.29) is 0 Å². The van der Waals surface area contributed by atoms with Crippen molar-refractivity contribution in [2.75, 3.05) is 41.3 Å². The number of benzene rings is 1. The van der Waals surface area contributed by atoms with Crippen LogP contribution >= 0.6 is 23.2 Å². The molecular formula is C24H24Cl2N10. The van der Waals surface area contributed by atoms with E-state index in [2.05, 4.69) is 48.0 Å². The first-order valence-corrected chi connectivity index (χ1v) is 12.5. The third kappa shape index (κ3) is 4.27. The SMILES string of the molecule is CCn1cnc2c(NCc3nc4cc(Cl)c(Cl)cc4[nH]3)nc(N3CCN(c4cccnc4)CC3)nc21. The minimum absolute atomic E-state index is 0.434. The van der Waals surface area contributed by atoms with Crippen molar-refractivity contribution < 1.29 is 0 Å². The highest BCUT2D eigenvalue weighted by Gasteiger charge is 2.22. The molecule has 0 saturated carbocycles. The van der Waals surface area contributed by atoms with Crippen molar-refractivity contribution in [3.8, 4) is 0 Å². The molecule has 0 amide bonds. The molecule has 0 unspecified atom stereocenters. The average Bonchev–Trinajstić information content (AvgIpc) is 3.51. The maximum Gasteiger partial charge on any atom is 0.229 e. The number of aryl methyl sites for hydroxylation is 1. The van der Waals surface area contributed by atoms with E-state index < -0.39 is 0 Å². The summed E-state index contributed by atoms with van der Waals surface area (Å²) in [7, 11) is 0. The van der Waals surface area contributed by atoms with Gasteiger partial charge >= 0.3 is 0 Å². The Morgan fingerprint density at radius 2 is 1.83 bits per heavy atom. The molecule has 5 aromatic rings. The Kier molecular flexibility index (Phi) is 5.98. The number of H-pyrrole nitrogens is 1. The number of hydrogen-bond donors (Lipinski definition) is 2. The number of nitrogens with one attached hydrogen (secondary N) is 2. The standard InChI is InChI=1S/C24H24Cl2N10/c1-2-34-14-29-21-22(28-13-20-30-18-10-16(25)17(26)11-19(18)31-20)32-24(33-23(21)34)36-8-6-35(7-9-36)15-4-3-5-27-12-15/h3-5,10-12,14H,2,6-9,13H2,1H3,(H,30,31)(H,28,32,33). The van der Waals surface area contributed by atoms with Gasteiger partial charge < -0.3 is 24.7 Å². The Morgan fingerprint density at radius 1 is 1.03 bits per heavy atom. The third-order valence-corrected chi connectivity index (χ3v) is 7.08. The molecule has 0 radical (unpaired) electrons. The Bertz CT molecular complexity index is 1480. The lowest BCUT2D eigenvalue weighted by atomic mass is 10.3. The predicted molar refractivity (Wildman–Crippen MR) is 143 cm³/mol. The molecule has 0 spiro atoms. The van der Waals surface area contributed by atoms with Gasteiger partial charge in [0.15, 0.2) is 17.0 Å². The van der Waals surface area contributed by atoms with Gasteiger partial charge in [0.1, 0.15) is 5.82 Å². The van der Waals surface area contributed by atoms with Crippen molar-refractivity contribution in [3.05, 3.63) is 58.9 Å². The Balaban J connectivity index is 1.26.